The van der Waals surface area contributed by atoms with Gasteiger partial charge >= 0.3 is 0 Å². The maximum absolute atomic E-state index is 11.8. The zero-order valence-electron chi connectivity index (χ0n) is 10.8. The van der Waals surface area contributed by atoms with Crippen molar-refractivity contribution in [3.8, 4) is 0 Å². The topological polar surface area (TPSA) is 44.9 Å². The van der Waals surface area contributed by atoms with Crippen LogP contribution in [0.3, 0.4) is 0 Å². The van der Waals surface area contributed by atoms with E-state index in [9.17, 15) is 4.79 Å². The van der Waals surface area contributed by atoms with E-state index in [0.29, 0.717) is 5.69 Å². The number of carbonyl (C=O) groups excluding carboxylic acids is 1. The van der Waals surface area contributed by atoms with Gasteiger partial charge in [-0.2, -0.15) is 0 Å². The monoisotopic (exact) mass is 312 g/mol. The van der Waals surface area contributed by atoms with Crippen LogP contribution in [0.5, 0.6) is 0 Å². The molecule has 0 aliphatic heterocycles. The summed E-state index contributed by atoms with van der Waals surface area (Å²) in [4.78, 5) is 14.7. The van der Waals surface area contributed by atoms with E-state index >= 15 is 0 Å². The summed E-state index contributed by atoms with van der Waals surface area (Å²) in [6.07, 6.45) is 8.26. The molecule has 1 aliphatic rings. The molecule has 2 N–H and O–H groups in total. The summed E-state index contributed by atoms with van der Waals surface area (Å²) < 4.78 is 0.911. The minimum atomic E-state index is -0.00967. The molecule has 1 aromatic heterocycles. The van der Waals surface area contributed by atoms with Crippen molar-refractivity contribution in [2.24, 2.45) is 11.8 Å². The Morgan fingerprint density at radius 3 is 3.06 bits per heavy atom. The predicted molar refractivity (Wildman–Crippen MR) is 76.6 cm³/mol. The van der Waals surface area contributed by atoms with Crippen LogP contribution in [-0.2, 0) is 0 Å². The number of rotatable bonds is 4. The zero-order valence-corrected chi connectivity index (χ0v) is 12.4. The molecule has 3 nitrogen and oxygen atoms in total. The lowest BCUT2D eigenvalue weighted by Crippen LogP contribution is -2.27. The summed E-state index contributed by atoms with van der Waals surface area (Å²) in [7, 11) is 0. The lowest BCUT2D eigenvalue weighted by molar-refractivity contribution is 0.0945. The van der Waals surface area contributed by atoms with Crippen molar-refractivity contribution in [2.75, 3.05) is 6.54 Å². The van der Waals surface area contributed by atoms with E-state index in [4.69, 9.17) is 0 Å². The first-order chi connectivity index (χ1) is 8.65. The highest BCUT2D eigenvalue weighted by Gasteiger charge is 2.18. The van der Waals surface area contributed by atoms with Crippen molar-refractivity contribution < 1.29 is 4.79 Å². The quantitative estimate of drug-likeness (QED) is 0.874. The molecule has 100 valence electrons. The van der Waals surface area contributed by atoms with Gasteiger partial charge in [-0.05, 0) is 46.7 Å². The Morgan fingerprint density at radius 1 is 1.56 bits per heavy atom. The number of hydrogen-bond donors (Lipinski definition) is 2. The number of hydrogen-bond acceptors (Lipinski definition) is 1. The molecule has 0 saturated heterocycles. The van der Waals surface area contributed by atoms with E-state index in [1.165, 1.54) is 25.7 Å². The van der Waals surface area contributed by atoms with Gasteiger partial charge in [0, 0.05) is 17.2 Å². The molecule has 1 heterocycles. The molecule has 1 amide bonds. The number of aromatic amines is 1. The van der Waals surface area contributed by atoms with Gasteiger partial charge in [0.25, 0.3) is 5.91 Å². The lowest BCUT2D eigenvalue weighted by Gasteiger charge is -2.26. The fourth-order valence-electron chi connectivity index (χ4n) is 2.81. The zero-order chi connectivity index (χ0) is 13.0. The SMILES string of the molecule is CC1CCCC(CCNC(=O)c2cc(Br)c[nH]2)C1. The largest absolute Gasteiger partial charge is 0.356 e. The molecular weight excluding hydrogens is 292 g/mol. The number of amides is 1. The summed E-state index contributed by atoms with van der Waals surface area (Å²) >= 11 is 3.33. The molecule has 1 aliphatic carbocycles. The van der Waals surface area contributed by atoms with Crippen molar-refractivity contribution in [3.63, 3.8) is 0 Å². The minimum absolute atomic E-state index is 0.00967. The third-order valence-electron chi connectivity index (χ3n) is 3.78. The third-order valence-corrected chi connectivity index (χ3v) is 4.23. The number of aromatic nitrogens is 1. The average Bonchev–Trinajstić information content (AvgIpc) is 2.76. The van der Waals surface area contributed by atoms with Gasteiger partial charge in [0.05, 0.1) is 0 Å². The smallest absolute Gasteiger partial charge is 0.267 e. The molecule has 18 heavy (non-hydrogen) atoms. The molecular formula is C14H21BrN2O. The Morgan fingerprint density at radius 2 is 2.39 bits per heavy atom. The predicted octanol–water partition coefficient (Wildman–Crippen LogP) is 3.72. The van der Waals surface area contributed by atoms with Crippen LogP contribution in [0.15, 0.2) is 16.7 Å². The first-order valence-corrected chi connectivity index (χ1v) is 7.56. The van der Waals surface area contributed by atoms with Crippen LogP contribution >= 0.6 is 15.9 Å². The second kappa shape index (κ2) is 6.41. The number of carbonyl (C=O) groups is 1. The molecule has 2 unspecified atom stereocenters. The van der Waals surface area contributed by atoms with Crippen LogP contribution in [0.2, 0.25) is 0 Å². The fourth-order valence-corrected chi connectivity index (χ4v) is 3.15. The fraction of sp³-hybridized carbons (Fsp3) is 0.643. The first-order valence-electron chi connectivity index (χ1n) is 6.77. The molecule has 1 fully saturated rings. The maximum atomic E-state index is 11.8. The van der Waals surface area contributed by atoms with Crippen molar-refractivity contribution in [1.82, 2.24) is 10.3 Å². The Labute approximate surface area is 117 Å². The lowest BCUT2D eigenvalue weighted by atomic mass is 9.81. The van der Waals surface area contributed by atoms with Crippen molar-refractivity contribution in [3.05, 3.63) is 22.4 Å². The Balaban J connectivity index is 1.70. The third kappa shape index (κ3) is 3.87. The van der Waals surface area contributed by atoms with Crippen LogP contribution < -0.4 is 5.32 Å². The van der Waals surface area contributed by atoms with Gasteiger partial charge in [-0.3, -0.25) is 4.79 Å². The molecule has 0 aromatic carbocycles. The van der Waals surface area contributed by atoms with Gasteiger partial charge in [0.1, 0.15) is 5.69 Å². The molecule has 0 radical (unpaired) electrons. The van der Waals surface area contributed by atoms with Gasteiger partial charge in [-0.15, -0.1) is 0 Å². The highest BCUT2D eigenvalue weighted by molar-refractivity contribution is 9.10. The van der Waals surface area contributed by atoms with Crippen LogP contribution in [0.4, 0.5) is 0 Å². The van der Waals surface area contributed by atoms with Crippen molar-refractivity contribution >= 4 is 21.8 Å². The van der Waals surface area contributed by atoms with Crippen LogP contribution in [0.25, 0.3) is 0 Å². The van der Waals surface area contributed by atoms with Gasteiger partial charge in [-0.1, -0.05) is 26.2 Å². The summed E-state index contributed by atoms with van der Waals surface area (Å²) in [5.41, 5.74) is 0.624. The molecule has 2 atom stereocenters. The van der Waals surface area contributed by atoms with E-state index in [1.807, 2.05) is 0 Å². The molecule has 1 aromatic rings. The first kappa shape index (κ1) is 13.7. The molecule has 4 heteroatoms. The van der Waals surface area contributed by atoms with E-state index in [-0.39, 0.29) is 5.91 Å². The number of H-pyrrole nitrogens is 1. The maximum Gasteiger partial charge on any atom is 0.267 e. The van der Waals surface area contributed by atoms with Crippen molar-refractivity contribution in [1.29, 1.82) is 0 Å². The number of nitrogens with one attached hydrogen (secondary N) is 2. The summed E-state index contributed by atoms with van der Waals surface area (Å²) in [5, 5.41) is 2.98. The summed E-state index contributed by atoms with van der Waals surface area (Å²) in [5.74, 6) is 1.65. The second-order valence-electron chi connectivity index (χ2n) is 5.41. The van der Waals surface area contributed by atoms with Gasteiger partial charge in [0.15, 0.2) is 0 Å². The van der Waals surface area contributed by atoms with Gasteiger partial charge in [-0.25, -0.2) is 0 Å². The standard InChI is InChI=1S/C14H21BrN2O/c1-10-3-2-4-11(7-10)5-6-16-14(18)13-8-12(15)9-17-13/h8-11,17H,2-7H2,1H3,(H,16,18). The highest BCUT2D eigenvalue weighted by atomic mass is 79.9. The normalized spacial score (nSPS) is 23.9. The Hall–Kier alpha value is -0.770. The van der Waals surface area contributed by atoms with Crippen LogP contribution in [0, 0.1) is 11.8 Å². The molecule has 0 spiro atoms. The van der Waals surface area contributed by atoms with Crippen molar-refractivity contribution in [2.45, 2.75) is 39.0 Å². The second-order valence-corrected chi connectivity index (χ2v) is 6.33. The molecule has 0 bridgehead atoms. The van der Waals surface area contributed by atoms with E-state index in [2.05, 4.69) is 33.2 Å². The van der Waals surface area contributed by atoms with E-state index in [0.717, 1.165) is 29.3 Å². The average molecular weight is 313 g/mol. The Bertz CT molecular complexity index is 402. The highest BCUT2D eigenvalue weighted by Crippen LogP contribution is 2.30. The van der Waals surface area contributed by atoms with Crippen LogP contribution in [-0.4, -0.2) is 17.4 Å². The van der Waals surface area contributed by atoms with Crippen LogP contribution in [0.1, 0.15) is 49.5 Å². The minimum Gasteiger partial charge on any atom is -0.356 e. The molecule has 1 saturated carbocycles. The number of halogens is 1. The van der Waals surface area contributed by atoms with Gasteiger partial charge in [0.2, 0.25) is 0 Å². The summed E-state index contributed by atoms with van der Waals surface area (Å²) in [6, 6.07) is 1.80. The Kier molecular flexibility index (Phi) is 4.87. The van der Waals surface area contributed by atoms with Gasteiger partial charge < -0.3 is 10.3 Å². The summed E-state index contributed by atoms with van der Waals surface area (Å²) in [6.45, 7) is 3.12. The van der Waals surface area contributed by atoms with E-state index < -0.39 is 0 Å². The molecule has 2 rings (SSSR count). The van der Waals surface area contributed by atoms with E-state index in [1.54, 1.807) is 12.3 Å².